The summed E-state index contributed by atoms with van der Waals surface area (Å²) in [5.74, 6) is -1.04. The minimum atomic E-state index is -1.46. The Morgan fingerprint density at radius 2 is 1.70 bits per heavy atom. The van der Waals surface area contributed by atoms with E-state index >= 15 is 0 Å². The average Bonchev–Trinajstić information content (AvgIpc) is 2.63. The van der Waals surface area contributed by atoms with Gasteiger partial charge < -0.3 is 29.4 Å². The van der Waals surface area contributed by atoms with Crippen molar-refractivity contribution in [1.29, 1.82) is 0 Å². The van der Waals surface area contributed by atoms with E-state index in [-0.39, 0.29) is 22.7 Å². The zero-order valence-corrected chi connectivity index (χ0v) is 16.0. The molecule has 7 nitrogen and oxygen atoms in total. The number of carbonyl (C=O) groups is 2. The van der Waals surface area contributed by atoms with E-state index in [1.165, 1.54) is 26.4 Å². The summed E-state index contributed by atoms with van der Waals surface area (Å²) in [4.78, 5) is 23.9. The molecule has 0 fully saturated rings. The number of carboxylic acid groups (broad SMARTS) is 1. The minimum absolute atomic E-state index is 0.0147. The number of halogens is 1. The molecule has 0 aliphatic carbocycles. The monoisotopic (exact) mass is 392 g/mol. The molecule has 0 radical (unpaired) electrons. The lowest BCUT2D eigenvalue weighted by atomic mass is 10.1. The number of hydrogen-bond donors (Lipinski definition) is 1. The van der Waals surface area contributed by atoms with E-state index in [2.05, 4.69) is 5.32 Å². The van der Waals surface area contributed by atoms with Crippen LogP contribution in [0.3, 0.4) is 0 Å². The van der Waals surface area contributed by atoms with Crippen molar-refractivity contribution in [2.24, 2.45) is 0 Å². The molecule has 0 spiro atoms. The number of ether oxygens (including phenoxy) is 3. The van der Waals surface area contributed by atoms with Crippen LogP contribution in [0.25, 0.3) is 0 Å². The van der Waals surface area contributed by atoms with Crippen LogP contribution >= 0.6 is 11.6 Å². The summed E-state index contributed by atoms with van der Waals surface area (Å²) in [6.07, 6.45) is -0.896. The Morgan fingerprint density at radius 1 is 1.07 bits per heavy atom. The first kappa shape index (κ1) is 20.4. The number of methoxy groups -OCH3 is 2. The highest BCUT2D eigenvalue weighted by Crippen LogP contribution is 2.33. The third kappa shape index (κ3) is 4.83. The van der Waals surface area contributed by atoms with E-state index in [0.717, 1.165) is 5.56 Å². The molecule has 2 rings (SSSR count). The van der Waals surface area contributed by atoms with Crippen molar-refractivity contribution >= 4 is 29.2 Å². The SMILES string of the molecule is COc1cc(NC(=O)[C@H](C)Oc2ccc(Cl)cc2C)c(C(=O)[O-])cc1OC. The fourth-order valence-corrected chi connectivity index (χ4v) is 2.60. The quantitative estimate of drug-likeness (QED) is 0.777. The Kier molecular flexibility index (Phi) is 6.52. The molecule has 0 unspecified atom stereocenters. The highest BCUT2D eigenvalue weighted by molar-refractivity contribution is 6.30. The minimum Gasteiger partial charge on any atom is -0.545 e. The number of aryl methyl sites for hydroxylation is 1. The van der Waals surface area contributed by atoms with Crippen molar-refractivity contribution in [2.45, 2.75) is 20.0 Å². The molecule has 0 aromatic heterocycles. The summed E-state index contributed by atoms with van der Waals surface area (Å²) in [6.45, 7) is 3.34. The molecule has 0 bridgehead atoms. The first-order valence-electron chi connectivity index (χ1n) is 7.97. The third-order valence-electron chi connectivity index (χ3n) is 3.81. The predicted molar refractivity (Wildman–Crippen MR) is 98.8 cm³/mol. The van der Waals surface area contributed by atoms with Gasteiger partial charge in [0.05, 0.1) is 25.9 Å². The third-order valence-corrected chi connectivity index (χ3v) is 4.05. The molecule has 144 valence electrons. The number of nitrogens with one attached hydrogen (secondary N) is 1. The first-order chi connectivity index (χ1) is 12.8. The number of carbonyl (C=O) groups excluding carboxylic acids is 2. The fourth-order valence-electron chi connectivity index (χ4n) is 2.37. The van der Waals surface area contributed by atoms with E-state index in [1.54, 1.807) is 32.0 Å². The molecule has 0 aliphatic heterocycles. The van der Waals surface area contributed by atoms with E-state index in [0.29, 0.717) is 10.8 Å². The number of benzene rings is 2. The largest absolute Gasteiger partial charge is 0.545 e. The maximum absolute atomic E-state index is 12.5. The molecule has 0 aliphatic rings. The molecule has 0 heterocycles. The number of rotatable bonds is 7. The van der Waals surface area contributed by atoms with Crippen LogP contribution in [0.2, 0.25) is 5.02 Å². The lowest BCUT2D eigenvalue weighted by Gasteiger charge is -2.19. The highest BCUT2D eigenvalue weighted by atomic mass is 35.5. The molecule has 2 aromatic rings. The van der Waals surface area contributed by atoms with Crippen LogP contribution in [-0.4, -0.2) is 32.2 Å². The Labute approximate surface area is 161 Å². The van der Waals surface area contributed by atoms with Crippen LogP contribution in [0, 0.1) is 6.92 Å². The molecule has 27 heavy (non-hydrogen) atoms. The van der Waals surface area contributed by atoms with Crippen LogP contribution in [0.15, 0.2) is 30.3 Å². The van der Waals surface area contributed by atoms with E-state index in [9.17, 15) is 14.7 Å². The molecule has 1 atom stereocenters. The van der Waals surface area contributed by atoms with Crippen molar-refractivity contribution < 1.29 is 28.9 Å². The van der Waals surface area contributed by atoms with Gasteiger partial charge in [0.15, 0.2) is 17.6 Å². The summed E-state index contributed by atoms with van der Waals surface area (Å²) >= 11 is 5.91. The number of aromatic carboxylic acids is 1. The molecule has 2 aromatic carbocycles. The summed E-state index contributed by atoms with van der Waals surface area (Å²) in [5.41, 5.74) is 0.542. The normalized spacial score (nSPS) is 11.4. The van der Waals surface area contributed by atoms with Gasteiger partial charge in [0.25, 0.3) is 5.91 Å². The molecule has 8 heteroatoms. The van der Waals surface area contributed by atoms with Gasteiger partial charge in [0.2, 0.25) is 0 Å². The second-order valence-electron chi connectivity index (χ2n) is 5.70. The summed E-state index contributed by atoms with van der Waals surface area (Å²) in [7, 11) is 2.77. The summed E-state index contributed by atoms with van der Waals surface area (Å²) < 4.78 is 15.9. The van der Waals surface area contributed by atoms with Crippen molar-refractivity contribution in [1.82, 2.24) is 0 Å². The molecule has 1 N–H and O–H groups in total. The lowest BCUT2D eigenvalue weighted by Crippen LogP contribution is -2.32. The highest BCUT2D eigenvalue weighted by Gasteiger charge is 2.19. The van der Waals surface area contributed by atoms with Crippen molar-refractivity contribution in [3.05, 3.63) is 46.5 Å². The van der Waals surface area contributed by atoms with Gasteiger partial charge in [0, 0.05) is 16.7 Å². The molecular formula is C19H19ClNO6-. The van der Waals surface area contributed by atoms with Crippen LogP contribution < -0.4 is 24.6 Å². The Bertz CT molecular complexity index is 868. The predicted octanol–water partition coefficient (Wildman–Crippen LogP) is 2.44. The summed E-state index contributed by atoms with van der Waals surface area (Å²) in [5, 5.41) is 14.5. The van der Waals surface area contributed by atoms with Crippen LogP contribution in [0.5, 0.6) is 17.2 Å². The van der Waals surface area contributed by atoms with Gasteiger partial charge in [-0.3, -0.25) is 4.79 Å². The van der Waals surface area contributed by atoms with Gasteiger partial charge in [-0.15, -0.1) is 0 Å². The Morgan fingerprint density at radius 3 is 2.26 bits per heavy atom. The van der Waals surface area contributed by atoms with E-state index < -0.39 is 18.0 Å². The van der Waals surface area contributed by atoms with Gasteiger partial charge in [-0.2, -0.15) is 0 Å². The maximum Gasteiger partial charge on any atom is 0.265 e. The standard InChI is InChI=1S/C19H20ClNO6/c1-10-7-12(20)5-6-15(10)27-11(2)18(22)21-14-9-17(26-4)16(25-3)8-13(14)19(23)24/h5-9,11H,1-4H3,(H,21,22)(H,23,24)/p-1/t11-/m0/s1. The van der Waals surface area contributed by atoms with Crippen LogP contribution in [0.1, 0.15) is 22.8 Å². The first-order valence-corrected chi connectivity index (χ1v) is 8.35. The van der Waals surface area contributed by atoms with Crippen molar-refractivity contribution in [3.63, 3.8) is 0 Å². The van der Waals surface area contributed by atoms with Gasteiger partial charge >= 0.3 is 0 Å². The number of carboxylic acids is 1. The van der Waals surface area contributed by atoms with Gasteiger partial charge in [0.1, 0.15) is 5.75 Å². The summed E-state index contributed by atoms with van der Waals surface area (Å²) in [6, 6.07) is 7.59. The fraction of sp³-hybridized carbons (Fsp3) is 0.263. The average molecular weight is 393 g/mol. The second kappa shape index (κ2) is 8.64. The smallest absolute Gasteiger partial charge is 0.265 e. The molecule has 0 saturated heterocycles. The maximum atomic E-state index is 12.5. The van der Waals surface area contributed by atoms with Gasteiger partial charge in [-0.25, -0.2) is 0 Å². The van der Waals surface area contributed by atoms with Crippen molar-refractivity contribution in [2.75, 3.05) is 19.5 Å². The lowest BCUT2D eigenvalue weighted by molar-refractivity contribution is -0.254. The van der Waals surface area contributed by atoms with Gasteiger partial charge in [-0.1, -0.05) is 11.6 Å². The van der Waals surface area contributed by atoms with Crippen molar-refractivity contribution in [3.8, 4) is 17.2 Å². The second-order valence-corrected chi connectivity index (χ2v) is 6.14. The zero-order chi connectivity index (χ0) is 20.1. The van der Waals surface area contributed by atoms with Crippen LogP contribution in [0.4, 0.5) is 5.69 Å². The molecule has 1 amide bonds. The number of amides is 1. The Hall–Kier alpha value is -2.93. The number of anilines is 1. The molecular weight excluding hydrogens is 374 g/mol. The zero-order valence-electron chi connectivity index (χ0n) is 15.3. The number of hydrogen-bond acceptors (Lipinski definition) is 6. The van der Waals surface area contributed by atoms with Gasteiger partial charge in [-0.05, 0) is 43.7 Å². The molecule has 0 saturated carbocycles. The van der Waals surface area contributed by atoms with E-state index in [4.69, 9.17) is 25.8 Å². The Balaban J connectivity index is 2.24. The van der Waals surface area contributed by atoms with Crippen LogP contribution in [-0.2, 0) is 4.79 Å². The topological polar surface area (TPSA) is 96.9 Å². The van der Waals surface area contributed by atoms with E-state index in [1.807, 2.05) is 0 Å².